The van der Waals surface area contributed by atoms with E-state index >= 15 is 0 Å². The normalized spacial score (nSPS) is 17.6. The lowest BCUT2D eigenvalue weighted by Crippen LogP contribution is -2.27. The van der Waals surface area contributed by atoms with Crippen molar-refractivity contribution in [2.24, 2.45) is 12.0 Å². The number of nitrogens with one attached hydrogen (secondary N) is 1. The van der Waals surface area contributed by atoms with Crippen LogP contribution in [-0.2, 0) is 11.8 Å². The third-order valence-electron chi connectivity index (χ3n) is 4.75. The second-order valence-electron chi connectivity index (χ2n) is 6.61. The van der Waals surface area contributed by atoms with Gasteiger partial charge in [0.2, 0.25) is 5.91 Å². The molecule has 2 aromatic carbocycles. The summed E-state index contributed by atoms with van der Waals surface area (Å²) in [5, 5.41) is 2.85. The zero-order chi connectivity index (χ0) is 23.9. The third kappa shape index (κ3) is 3.66. The molecule has 1 amide bonds. The number of halogens is 3. The Morgan fingerprint density at radius 2 is 2.37 bits per heavy atom. The Balaban J connectivity index is 1.93. The van der Waals surface area contributed by atoms with E-state index in [0.717, 1.165) is 16.5 Å². The lowest BCUT2D eigenvalue weighted by atomic mass is 9.99. The summed E-state index contributed by atoms with van der Waals surface area (Å²) >= 11 is 11.7. The molecule has 1 aliphatic heterocycles. The SMILES string of the molecule is [2H]C([2H])([2H])n1cn/c(=N\c2ccc(Cl)c(Cl)c2F)c2cc3c(cc21)OCC3CNC(=O)C=C. The molecule has 4 rings (SSSR count). The molecule has 0 spiro atoms. The predicted molar refractivity (Wildman–Crippen MR) is 114 cm³/mol. The number of carbonyl (C=O) groups excluding carboxylic acids is 1. The molecule has 1 N–H and O–H groups in total. The molecule has 30 heavy (non-hydrogen) atoms. The topological polar surface area (TPSA) is 68.5 Å². The Morgan fingerprint density at radius 3 is 3.13 bits per heavy atom. The van der Waals surface area contributed by atoms with Crippen LogP contribution in [0.5, 0.6) is 5.75 Å². The highest BCUT2D eigenvalue weighted by molar-refractivity contribution is 6.42. The van der Waals surface area contributed by atoms with Gasteiger partial charge in [-0.1, -0.05) is 29.8 Å². The molecule has 0 saturated heterocycles. The molecule has 0 fully saturated rings. The summed E-state index contributed by atoms with van der Waals surface area (Å²) in [6.45, 7) is 1.48. The molecule has 1 unspecified atom stereocenters. The van der Waals surface area contributed by atoms with Crippen LogP contribution in [0.15, 0.2) is 48.2 Å². The number of ether oxygens (including phenoxy) is 1. The van der Waals surface area contributed by atoms with Crippen molar-refractivity contribution in [3.8, 4) is 5.75 Å². The fourth-order valence-electron chi connectivity index (χ4n) is 3.20. The van der Waals surface area contributed by atoms with E-state index in [1.807, 2.05) is 0 Å². The first kappa shape index (κ1) is 16.8. The number of hydrogen-bond acceptors (Lipinski definition) is 4. The average Bonchev–Trinajstić information content (AvgIpc) is 3.17. The first-order valence-corrected chi connectivity index (χ1v) is 9.63. The van der Waals surface area contributed by atoms with Gasteiger partial charge in [0.05, 0.1) is 28.5 Å². The van der Waals surface area contributed by atoms with Crippen molar-refractivity contribution in [2.75, 3.05) is 13.2 Å². The molecule has 1 aliphatic rings. The molecule has 154 valence electrons. The summed E-state index contributed by atoms with van der Waals surface area (Å²) in [5.74, 6) is -0.849. The molecule has 0 saturated carbocycles. The van der Waals surface area contributed by atoms with Gasteiger partial charge in [0.1, 0.15) is 11.4 Å². The van der Waals surface area contributed by atoms with Gasteiger partial charge >= 0.3 is 0 Å². The van der Waals surface area contributed by atoms with Gasteiger partial charge in [0.25, 0.3) is 0 Å². The first-order valence-electron chi connectivity index (χ1n) is 10.4. The lowest BCUT2D eigenvalue weighted by molar-refractivity contribution is -0.116. The van der Waals surface area contributed by atoms with Crippen LogP contribution < -0.4 is 15.5 Å². The van der Waals surface area contributed by atoms with Crippen LogP contribution in [0.4, 0.5) is 10.1 Å². The minimum atomic E-state index is -2.53. The van der Waals surface area contributed by atoms with Crippen molar-refractivity contribution < 1.29 is 18.0 Å². The molecule has 6 nitrogen and oxygen atoms in total. The average molecular weight is 450 g/mol. The smallest absolute Gasteiger partial charge is 0.243 e. The molecule has 1 atom stereocenters. The summed E-state index contributed by atoms with van der Waals surface area (Å²) in [4.78, 5) is 20.0. The minimum absolute atomic E-state index is 0.0404. The first-order chi connectivity index (χ1) is 15.6. The molecular weight excluding hydrogens is 430 g/mol. The van der Waals surface area contributed by atoms with E-state index in [-0.39, 0.29) is 51.7 Å². The van der Waals surface area contributed by atoms with Crippen molar-refractivity contribution in [1.82, 2.24) is 14.9 Å². The highest BCUT2D eigenvalue weighted by Gasteiger charge is 2.26. The Labute approximate surface area is 185 Å². The molecular formula is C21H17Cl2FN4O2. The van der Waals surface area contributed by atoms with Gasteiger partial charge in [-0.05, 0) is 24.3 Å². The summed E-state index contributed by atoms with van der Waals surface area (Å²) in [6, 6.07) is 6.04. The predicted octanol–water partition coefficient (Wildman–Crippen LogP) is 4.03. The van der Waals surface area contributed by atoms with Crippen molar-refractivity contribution in [2.45, 2.75) is 5.92 Å². The van der Waals surface area contributed by atoms with E-state index < -0.39 is 12.8 Å². The van der Waals surface area contributed by atoms with E-state index in [1.54, 1.807) is 12.1 Å². The zero-order valence-electron chi connectivity index (χ0n) is 18.5. The van der Waals surface area contributed by atoms with Crippen LogP contribution >= 0.6 is 23.2 Å². The van der Waals surface area contributed by atoms with E-state index in [4.69, 9.17) is 32.1 Å². The van der Waals surface area contributed by atoms with Crippen molar-refractivity contribution in [3.05, 3.63) is 70.2 Å². The zero-order valence-corrected chi connectivity index (χ0v) is 17.0. The van der Waals surface area contributed by atoms with Crippen LogP contribution in [0, 0.1) is 5.82 Å². The number of fused-ring (bicyclic) bond motifs is 2. The molecule has 0 aliphatic carbocycles. The van der Waals surface area contributed by atoms with E-state index in [1.165, 1.54) is 18.2 Å². The van der Waals surface area contributed by atoms with Crippen LogP contribution in [0.3, 0.4) is 0 Å². The highest BCUT2D eigenvalue weighted by atomic mass is 35.5. The number of nitrogens with zero attached hydrogens (tertiary/aromatic N) is 3. The second kappa shape index (κ2) is 8.08. The van der Waals surface area contributed by atoms with Crippen LogP contribution in [0.25, 0.3) is 10.9 Å². The number of carbonyl (C=O) groups is 1. The summed E-state index contributed by atoms with van der Waals surface area (Å²) in [6.07, 6.45) is 2.29. The van der Waals surface area contributed by atoms with Gasteiger partial charge in [-0.2, -0.15) is 0 Å². The third-order valence-corrected chi connectivity index (χ3v) is 5.53. The van der Waals surface area contributed by atoms with Gasteiger partial charge in [-0.3, -0.25) is 4.79 Å². The van der Waals surface area contributed by atoms with E-state index in [9.17, 15) is 9.18 Å². The molecule has 0 radical (unpaired) electrons. The molecule has 1 aromatic heterocycles. The van der Waals surface area contributed by atoms with Crippen molar-refractivity contribution in [3.63, 3.8) is 0 Å². The van der Waals surface area contributed by atoms with Gasteiger partial charge in [0.15, 0.2) is 11.3 Å². The minimum Gasteiger partial charge on any atom is -0.493 e. The second-order valence-corrected chi connectivity index (χ2v) is 7.39. The fraction of sp³-hybridized carbons (Fsp3) is 0.190. The van der Waals surface area contributed by atoms with Crippen molar-refractivity contribution in [1.29, 1.82) is 0 Å². The number of amides is 1. The molecule has 0 bridgehead atoms. The Kier molecular flexibility index (Phi) is 4.54. The Bertz CT molecular complexity index is 1360. The number of aryl methyl sites for hydroxylation is 1. The largest absolute Gasteiger partial charge is 0.493 e. The van der Waals surface area contributed by atoms with E-state index in [2.05, 4.69) is 21.9 Å². The maximum Gasteiger partial charge on any atom is 0.243 e. The summed E-state index contributed by atoms with van der Waals surface area (Å²) in [5.41, 5.74) is 1.00. The number of benzene rings is 2. The number of hydrogen-bond donors (Lipinski definition) is 1. The maximum atomic E-state index is 14.6. The van der Waals surface area contributed by atoms with Crippen LogP contribution in [0.2, 0.25) is 10.0 Å². The molecule has 2 heterocycles. The maximum absolute atomic E-state index is 14.6. The van der Waals surface area contributed by atoms with E-state index in [0.29, 0.717) is 11.1 Å². The van der Waals surface area contributed by atoms with Gasteiger partial charge < -0.3 is 14.6 Å². The Hall–Kier alpha value is -2.90. The lowest BCUT2D eigenvalue weighted by Gasteiger charge is -2.11. The summed E-state index contributed by atoms with van der Waals surface area (Å²) in [7, 11) is 0. The molecule has 9 heteroatoms. The quantitative estimate of drug-likeness (QED) is 0.482. The van der Waals surface area contributed by atoms with Crippen LogP contribution in [-0.4, -0.2) is 28.6 Å². The van der Waals surface area contributed by atoms with Gasteiger partial charge in [0, 0.05) is 40.6 Å². The molecule has 3 aromatic rings. The monoisotopic (exact) mass is 449 g/mol. The highest BCUT2D eigenvalue weighted by Crippen LogP contribution is 2.36. The fourth-order valence-corrected chi connectivity index (χ4v) is 3.51. The summed E-state index contributed by atoms with van der Waals surface area (Å²) < 4.78 is 44.9. The standard InChI is InChI=1S/C21H17Cl2FN4O2/c1-3-18(29)25-8-11-9-30-17-7-16-13(6-12(11)17)21(26-10-28(16)2)27-15-5-4-14(22)19(23)20(15)24/h3-7,10-11H,1,8-9H2,2H3,(H,25,29)/b27-21-/i2D3. The number of aromatic nitrogens is 2. The van der Waals surface area contributed by atoms with Crippen molar-refractivity contribution >= 4 is 45.7 Å². The van der Waals surface area contributed by atoms with Gasteiger partial charge in [-0.15, -0.1) is 0 Å². The van der Waals surface area contributed by atoms with Crippen LogP contribution in [0.1, 0.15) is 15.6 Å². The Morgan fingerprint density at radius 1 is 1.53 bits per heavy atom. The number of rotatable bonds is 4. The van der Waals surface area contributed by atoms with Gasteiger partial charge in [-0.25, -0.2) is 14.4 Å².